The highest BCUT2D eigenvalue weighted by Gasteiger charge is 2.48. The predicted molar refractivity (Wildman–Crippen MR) is 84.6 cm³/mol. The third-order valence-electron chi connectivity index (χ3n) is 4.33. The van der Waals surface area contributed by atoms with Crippen LogP contribution in [0.2, 0.25) is 5.02 Å². The van der Waals surface area contributed by atoms with Crippen LogP contribution in [0, 0.1) is 6.92 Å². The van der Waals surface area contributed by atoms with E-state index in [4.69, 9.17) is 11.6 Å². The Morgan fingerprint density at radius 2 is 1.90 bits per heavy atom. The van der Waals surface area contributed by atoms with Crippen LogP contribution in [0.3, 0.4) is 0 Å². The minimum absolute atomic E-state index is 0.0906. The summed E-state index contributed by atoms with van der Waals surface area (Å²) < 4.78 is 0. The number of carbonyl (C=O) groups is 2. The van der Waals surface area contributed by atoms with Crippen LogP contribution in [0.15, 0.2) is 18.2 Å². The number of anilines is 1. The van der Waals surface area contributed by atoms with Crippen LogP contribution >= 0.6 is 11.6 Å². The van der Waals surface area contributed by atoms with Crippen molar-refractivity contribution >= 4 is 29.1 Å². The number of amides is 2. The molecule has 4 nitrogen and oxygen atoms in total. The van der Waals surface area contributed by atoms with Gasteiger partial charge in [0.15, 0.2) is 0 Å². The largest absolute Gasteiger partial charge is 0.340 e. The Morgan fingerprint density at radius 1 is 1.29 bits per heavy atom. The molecule has 0 saturated carbocycles. The molecule has 2 amide bonds. The first-order valence-corrected chi connectivity index (χ1v) is 7.66. The van der Waals surface area contributed by atoms with Gasteiger partial charge in [-0.2, -0.15) is 0 Å². The smallest absolute Gasteiger partial charge is 0.253 e. The summed E-state index contributed by atoms with van der Waals surface area (Å²) in [5.74, 6) is -0.233. The SMILES string of the molecule is CCC1(CC)NC(=O)C(C)N(c2cc(C)ccc2Cl)C1=O. The first-order valence-electron chi connectivity index (χ1n) is 7.28. The molecule has 0 radical (unpaired) electrons. The van der Waals surface area contributed by atoms with Gasteiger partial charge < -0.3 is 5.32 Å². The van der Waals surface area contributed by atoms with E-state index < -0.39 is 11.6 Å². The van der Waals surface area contributed by atoms with Gasteiger partial charge in [0, 0.05) is 0 Å². The summed E-state index contributed by atoms with van der Waals surface area (Å²) in [6.07, 6.45) is 1.11. The maximum Gasteiger partial charge on any atom is 0.253 e. The number of nitrogens with one attached hydrogen (secondary N) is 1. The fourth-order valence-corrected chi connectivity index (χ4v) is 2.98. The van der Waals surface area contributed by atoms with Crippen LogP contribution in [0.4, 0.5) is 5.69 Å². The fraction of sp³-hybridized carbons (Fsp3) is 0.500. The highest BCUT2D eigenvalue weighted by atomic mass is 35.5. The minimum Gasteiger partial charge on any atom is -0.340 e. The molecule has 0 aromatic heterocycles. The van der Waals surface area contributed by atoms with E-state index >= 15 is 0 Å². The molecule has 0 spiro atoms. The van der Waals surface area contributed by atoms with Crippen LogP contribution in [0.5, 0.6) is 0 Å². The number of hydrogen-bond acceptors (Lipinski definition) is 2. The number of halogens is 1. The standard InChI is InChI=1S/C16H21ClN2O2/c1-5-16(6-2)15(21)19(11(4)14(20)18-16)13-9-10(3)7-8-12(13)17/h7-9,11H,5-6H2,1-4H3,(H,18,20). The van der Waals surface area contributed by atoms with Crippen LogP contribution in [-0.2, 0) is 9.59 Å². The lowest BCUT2D eigenvalue weighted by atomic mass is 9.87. The van der Waals surface area contributed by atoms with E-state index in [1.807, 2.05) is 32.9 Å². The number of piperazine rings is 1. The maximum atomic E-state index is 13.0. The van der Waals surface area contributed by atoms with Crippen LogP contribution in [0.1, 0.15) is 39.2 Å². The Labute approximate surface area is 130 Å². The third-order valence-corrected chi connectivity index (χ3v) is 4.65. The quantitative estimate of drug-likeness (QED) is 0.933. The van der Waals surface area contributed by atoms with Gasteiger partial charge in [0.05, 0.1) is 10.7 Å². The molecule has 1 aromatic carbocycles. The van der Waals surface area contributed by atoms with Gasteiger partial charge in [-0.25, -0.2) is 0 Å². The lowest BCUT2D eigenvalue weighted by molar-refractivity contribution is -0.138. The van der Waals surface area contributed by atoms with E-state index in [1.165, 1.54) is 0 Å². The zero-order valence-corrected chi connectivity index (χ0v) is 13.6. The summed E-state index contributed by atoms with van der Waals surface area (Å²) in [5.41, 5.74) is 0.769. The third kappa shape index (κ3) is 2.53. The number of rotatable bonds is 3. The van der Waals surface area contributed by atoms with Gasteiger partial charge in [-0.05, 0) is 44.4 Å². The Balaban J connectivity index is 2.56. The van der Waals surface area contributed by atoms with Gasteiger partial charge in [0.25, 0.3) is 5.91 Å². The van der Waals surface area contributed by atoms with Crippen LogP contribution in [-0.4, -0.2) is 23.4 Å². The molecule has 1 unspecified atom stereocenters. The molecule has 1 N–H and O–H groups in total. The zero-order chi connectivity index (χ0) is 15.8. The van der Waals surface area contributed by atoms with E-state index in [0.717, 1.165) is 5.56 Å². The van der Waals surface area contributed by atoms with Crippen molar-refractivity contribution in [2.24, 2.45) is 0 Å². The normalized spacial score (nSPS) is 21.4. The van der Waals surface area contributed by atoms with Gasteiger partial charge in [-0.15, -0.1) is 0 Å². The lowest BCUT2D eigenvalue weighted by Crippen LogP contribution is -2.69. The molecule has 1 fully saturated rings. The van der Waals surface area contributed by atoms with Gasteiger partial charge in [-0.3, -0.25) is 14.5 Å². The number of aryl methyl sites for hydroxylation is 1. The fourth-order valence-electron chi connectivity index (χ4n) is 2.77. The van der Waals surface area contributed by atoms with E-state index in [2.05, 4.69) is 5.32 Å². The molecule has 1 aromatic rings. The minimum atomic E-state index is -0.837. The molecule has 1 heterocycles. The molecular formula is C16H21ClN2O2. The highest BCUT2D eigenvalue weighted by molar-refractivity contribution is 6.34. The monoisotopic (exact) mass is 308 g/mol. The molecule has 0 aliphatic carbocycles. The van der Waals surface area contributed by atoms with Crippen molar-refractivity contribution in [3.05, 3.63) is 28.8 Å². The summed E-state index contributed by atoms with van der Waals surface area (Å²) in [4.78, 5) is 26.8. The van der Waals surface area contributed by atoms with Gasteiger partial charge >= 0.3 is 0 Å². The highest BCUT2D eigenvalue weighted by Crippen LogP contribution is 2.34. The second-order valence-corrected chi connectivity index (χ2v) is 5.99. The molecule has 1 saturated heterocycles. The molecule has 1 atom stereocenters. The number of nitrogens with zero attached hydrogens (tertiary/aromatic N) is 1. The van der Waals surface area contributed by atoms with Crippen molar-refractivity contribution in [3.8, 4) is 0 Å². The Bertz CT molecular complexity index is 582. The summed E-state index contributed by atoms with van der Waals surface area (Å²) >= 11 is 6.26. The van der Waals surface area contributed by atoms with Crippen molar-refractivity contribution in [3.63, 3.8) is 0 Å². The summed E-state index contributed by atoms with van der Waals surface area (Å²) in [7, 11) is 0. The first-order chi connectivity index (χ1) is 9.86. The Hall–Kier alpha value is -1.55. The predicted octanol–water partition coefficient (Wildman–Crippen LogP) is 3.06. The van der Waals surface area contributed by atoms with Gasteiger partial charge in [0.2, 0.25) is 5.91 Å². The van der Waals surface area contributed by atoms with Gasteiger partial charge in [0.1, 0.15) is 11.6 Å². The maximum absolute atomic E-state index is 13.0. The average molecular weight is 309 g/mol. The number of carbonyl (C=O) groups excluding carboxylic acids is 2. The molecule has 5 heteroatoms. The Kier molecular flexibility index (Phi) is 4.28. The first kappa shape index (κ1) is 15.8. The molecule has 21 heavy (non-hydrogen) atoms. The van der Waals surface area contributed by atoms with E-state index in [1.54, 1.807) is 17.9 Å². The topological polar surface area (TPSA) is 49.4 Å². The summed E-state index contributed by atoms with van der Waals surface area (Å²) in [5, 5.41) is 3.37. The van der Waals surface area contributed by atoms with Crippen molar-refractivity contribution < 1.29 is 9.59 Å². The van der Waals surface area contributed by atoms with Crippen molar-refractivity contribution in [2.75, 3.05) is 4.90 Å². The van der Waals surface area contributed by atoms with Crippen molar-refractivity contribution in [1.29, 1.82) is 0 Å². The second-order valence-electron chi connectivity index (χ2n) is 5.58. The summed E-state index contributed by atoms with van der Waals surface area (Å²) in [6, 6.07) is 4.93. The molecule has 0 bridgehead atoms. The van der Waals surface area contributed by atoms with Crippen LogP contribution in [0.25, 0.3) is 0 Å². The van der Waals surface area contributed by atoms with Crippen LogP contribution < -0.4 is 10.2 Å². The van der Waals surface area contributed by atoms with Crippen molar-refractivity contribution in [2.45, 2.75) is 52.1 Å². The molecule has 2 rings (SSSR count). The Morgan fingerprint density at radius 3 is 2.48 bits per heavy atom. The molecule has 114 valence electrons. The zero-order valence-electron chi connectivity index (χ0n) is 12.9. The van der Waals surface area contributed by atoms with Crippen molar-refractivity contribution in [1.82, 2.24) is 5.32 Å². The number of benzene rings is 1. The second kappa shape index (κ2) is 5.68. The molecule has 1 aliphatic heterocycles. The van der Waals surface area contributed by atoms with Gasteiger partial charge in [-0.1, -0.05) is 31.5 Å². The summed E-state index contributed by atoms with van der Waals surface area (Å²) in [6.45, 7) is 7.48. The van der Waals surface area contributed by atoms with E-state index in [9.17, 15) is 9.59 Å². The van der Waals surface area contributed by atoms with E-state index in [0.29, 0.717) is 23.6 Å². The average Bonchev–Trinajstić information content (AvgIpc) is 2.47. The van der Waals surface area contributed by atoms with E-state index in [-0.39, 0.29) is 11.8 Å². The number of hydrogen-bond donors (Lipinski definition) is 1. The lowest BCUT2D eigenvalue weighted by Gasteiger charge is -2.44. The molecule has 1 aliphatic rings. The molecular weight excluding hydrogens is 288 g/mol.